The van der Waals surface area contributed by atoms with Gasteiger partial charge in [0.25, 0.3) is 11.4 Å². The molecule has 0 unspecified atom stereocenters. The SMILES string of the molecule is O=[N+]([O-])c1ccc(/C(=C\c2ccc(/C=C\c3ccc4ccccc4c3/C=C\c3ccc(/C=C(/c4ccccc4)c4ccc([N+](=O)[O-])cc4)cc3)cc2)c2ccccc2)cc1. The van der Waals surface area contributed by atoms with Gasteiger partial charge in [-0.3, -0.25) is 20.2 Å². The van der Waals surface area contributed by atoms with E-state index in [1.807, 2.05) is 60.7 Å². The lowest BCUT2D eigenvalue weighted by Gasteiger charge is -2.10. The number of benzene rings is 8. The molecule has 0 radical (unpaired) electrons. The van der Waals surface area contributed by atoms with E-state index in [2.05, 4.69) is 121 Å². The summed E-state index contributed by atoms with van der Waals surface area (Å²) >= 11 is 0. The van der Waals surface area contributed by atoms with Gasteiger partial charge in [0.1, 0.15) is 0 Å². The second kappa shape index (κ2) is 17.9. The van der Waals surface area contributed by atoms with Crippen molar-refractivity contribution < 1.29 is 9.85 Å². The zero-order valence-corrected chi connectivity index (χ0v) is 32.5. The summed E-state index contributed by atoms with van der Waals surface area (Å²) < 4.78 is 0. The third-order valence-electron chi connectivity index (χ3n) is 10.3. The molecule has 0 aliphatic heterocycles. The topological polar surface area (TPSA) is 86.3 Å². The number of hydrogen-bond acceptors (Lipinski definition) is 4. The summed E-state index contributed by atoms with van der Waals surface area (Å²) in [7, 11) is 0. The minimum atomic E-state index is -0.382. The van der Waals surface area contributed by atoms with Gasteiger partial charge in [0.05, 0.1) is 9.85 Å². The van der Waals surface area contributed by atoms with E-state index >= 15 is 0 Å². The molecule has 0 aromatic heterocycles. The van der Waals surface area contributed by atoms with Crippen molar-refractivity contribution in [2.45, 2.75) is 0 Å². The molecule has 8 aromatic carbocycles. The number of hydrogen-bond donors (Lipinski definition) is 0. The Kier molecular flexibility index (Phi) is 11.5. The molecular weight excluding hydrogens is 741 g/mol. The summed E-state index contributed by atoms with van der Waals surface area (Å²) in [5.41, 5.74) is 12.3. The Morgan fingerprint density at radius 3 is 1.23 bits per heavy atom. The maximum absolute atomic E-state index is 11.3. The molecule has 8 aromatic rings. The number of fused-ring (bicyclic) bond motifs is 1. The van der Waals surface area contributed by atoms with Gasteiger partial charge in [-0.25, -0.2) is 0 Å². The molecule has 0 heterocycles. The summed E-state index contributed by atoms with van der Waals surface area (Å²) in [4.78, 5) is 21.8. The maximum Gasteiger partial charge on any atom is 0.269 e. The fourth-order valence-corrected chi connectivity index (χ4v) is 7.18. The average molecular weight is 779 g/mol. The molecule has 0 aliphatic rings. The Hall–Kier alpha value is -8.22. The quantitative estimate of drug-likeness (QED) is 0.0702. The highest BCUT2D eigenvalue weighted by atomic mass is 16.6. The smallest absolute Gasteiger partial charge is 0.258 e. The first-order valence-corrected chi connectivity index (χ1v) is 19.5. The van der Waals surface area contributed by atoms with E-state index in [-0.39, 0.29) is 21.2 Å². The van der Waals surface area contributed by atoms with E-state index < -0.39 is 0 Å². The molecule has 0 bridgehead atoms. The molecule has 0 saturated carbocycles. The first-order chi connectivity index (χ1) is 29.4. The Labute approximate surface area is 348 Å². The third-order valence-corrected chi connectivity index (χ3v) is 10.3. The molecule has 0 amide bonds. The Morgan fingerprint density at radius 1 is 0.367 bits per heavy atom. The fourth-order valence-electron chi connectivity index (χ4n) is 7.18. The second-order valence-corrected chi connectivity index (χ2v) is 14.2. The van der Waals surface area contributed by atoms with Crippen molar-refractivity contribution in [1.82, 2.24) is 0 Å². The van der Waals surface area contributed by atoms with E-state index in [1.165, 1.54) is 0 Å². The lowest BCUT2D eigenvalue weighted by molar-refractivity contribution is -0.385. The van der Waals surface area contributed by atoms with Crippen LogP contribution in [0.25, 0.3) is 58.4 Å². The van der Waals surface area contributed by atoms with Crippen molar-refractivity contribution >= 4 is 69.7 Å². The van der Waals surface area contributed by atoms with Gasteiger partial charge >= 0.3 is 0 Å². The van der Waals surface area contributed by atoms with Crippen molar-refractivity contribution in [2.24, 2.45) is 0 Å². The molecule has 60 heavy (non-hydrogen) atoms. The van der Waals surface area contributed by atoms with Crippen molar-refractivity contribution in [2.75, 3.05) is 0 Å². The highest BCUT2D eigenvalue weighted by molar-refractivity contribution is 5.98. The average Bonchev–Trinajstić information content (AvgIpc) is 3.30. The summed E-state index contributed by atoms with van der Waals surface area (Å²) in [6.07, 6.45) is 12.8. The molecule has 0 saturated heterocycles. The zero-order chi connectivity index (χ0) is 41.3. The van der Waals surface area contributed by atoms with E-state index in [4.69, 9.17) is 0 Å². The molecule has 6 heteroatoms. The van der Waals surface area contributed by atoms with Crippen LogP contribution in [0.5, 0.6) is 0 Å². The van der Waals surface area contributed by atoms with E-state index in [9.17, 15) is 20.2 Å². The first kappa shape index (κ1) is 38.6. The van der Waals surface area contributed by atoms with Crippen molar-refractivity contribution in [3.8, 4) is 0 Å². The highest BCUT2D eigenvalue weighted by Crippen LogP contribution is 2.31. The normalized spacial score (nSPS) is 12.0. The van der Waals surface area contributed by atoms with Gasteiger partial charge < -0.3 is 0 Å². The van der Waals surface area contributed by atoms with Crippen molar-refractivity contribution in [3.05, 3.63) is 270 Å². The standard InChI is InChI=1S/C54H38N2O4/c57-55(58)49-32-28-47(29-33-49)53(43-9-3-1-4-10-43)37-41-19-15-39(16-20-41)23-25-46-27-26-45-13-7-8-14-51(45)52(46)36-24-40-17-21-42(22-18-40)38-54(44-11-5-2-6-12-44)48-30-34-50(35-31-48)56(59)60/h1-38H/b25-23-,36-24-,53-37-,54-38-. The van der Waals surface area contributed by atoms with Crippen LogP contribution < -0.4 is 0 Å². The van der Waals surface area contributed by atoms with Crippen LogP contribution in [0.1, 0.15) is 55.6 Å². The van der Waals surface area contributed by atoms with Gasteiger partial charge in [-0.2, -0.15) is 0 Å². The monoisotopic (exact) mass is 778 g/mol. The van der Waals surface area contributed by atoms with E-state index in [0.29, 0.717) is 0 Å². The Bertz CT molecular complexity index is 2910. The molecule has 288 valence electrons. The summed E-state index contributed by atoms with van der Waals surface area (Å²) in [6.45, 7) is 0. The Balaban J connectivity index is 1.05. The van der Waals surface area contributed by atoms with Crippen LogP contribution in [0.15, 0.2) is 194 Å². The van der Waals surface area contributed by atoms with E-state index in [0.717, 1.165) is 77.6 Å². The number of nitro groups is 2. The first-order valence-electron chi connectivity index (χ1n) is 19.5. The molecule has 0 spiro atoms. The molecule has 0 atom stereocenters. The van der Waals surface area contributed by atoms with Crippen LogP contribution in [0.3, 0.4) is 0 Å². The van der Waals surface area contributed by atoms with Crippen LogP contribution in [0.4, 0.5) is 11.4 Å². The lowest BCUT2D eigenvalue weighted by Crippen LogP contribution is -1.91. The van der Waals surface area contributed by atoms with Gasteiger partial charge in [-0.05, 0) is 114 Å². The minimum Gasteiger partial charge on any atom is -0.258 e. The highest BCUT2D eigenvalue weighted by Gasteiger charge is 2.11. The van der Waals surface area contributed by atoms with Gasteiger partial charge in [-0.15, -0.1) is 0 Å². The van der Waals surface area contributed by atoms with Crippen LogP contribution in [0, 0.1) is 20.2 Å². The zero-order valence-electron chi connectivity index (χ0n) is 32.5. The van der Waals surface area contributed by atoms with Crippen molar-refractivity contribution in [1.29, 1.82) is 0 Å². The van der Waals surface area contributed by atoms with E-state index in [1.54, 1.807) is 48.5 Å². The Morgan fingerprint density at radius 2 is 0.767 bits per heavy atom. The largest absolute Gasteiger partial charge is 0.269 e. The molecular formula is C54H38N2O4. The maximum atomic E-state index is 11.3. The van der Waals surface area contributed by atoms with Crippen LogP contribution in [-0.4, -0.2) is 9.85 Å². The van der Waals surface area contributed by atoms with Gasteiger partial charge in [-0.1, -0.05) is 170 Å². The number of nitrogens with zero attached hydrogens (tertiary/aromatic N) is 2. The molecule has 0 fully saturated rings. The summed E-state index contributed by atoms with van der Waals surface area (Å²) in [6, 6.07) is 62.9. The fraction of sp³-hybridized carbons (Fsp3) is 0. The van der Waals surface area contributed by atoms with Crippen LogP contribution in [-0.2, 0) is 0 Å². The minimum absolute atomic E-state index is 0.0618. The summed E-state index contributed by atoms with van der Waals surface area (Å²) in [5, 5.41) is 24.9. The molecule has 8 rings (SSSR count). The lowest BCUT2D eigenvalue weighted by atomic mass is 9.95. The van der Waals surface area contributed by atoms with Gasteiger partial charge in [0.2, 0.25) is 0 Å². The predicted molar refractivity (Wildman–Crippen MR) is 248 cm³/mol. The van der Waals surface area contributed by atoms with Crippen LogP contribution >= 0.6 is 0 Å². The van der Waals surface area contributed by atoms with Crippen molar-refractivity contribution in [3.63, 3.8) is 0 Å². The number of non-ortho nitro benzene ring substituents is 2. The van der Waals surface area contributed by atoms with Gasteiger partial charge in [0, 0.05) is 24.3 Å². The molecule has 0 aliphatic carbocycles. The molecule has 6 nitrogen and oxygen atoms in total. The third kappa shape index (κ3) is 9.15. The summed E-state index contributed by atoms with van der Waals surface area (Å²) in [5.74, 6) is 0. The number of rotatable bonds is 12. The number of nitro benzene ring substituents is 2. The van der Waals surface area contributed by atoms with Gasteiger partial charge in [0.15, 0.2) is 0 Å². The molecule has 0 N–H and O–H groups in total. The predicted octanol–water partition coefficient (Wildman–Crippen LogP) is 14.2. The second-order valence-electron chi connectivity index (χ2n) is 14.2. The van der Waals surface area contributed by atoms with Crippen LogP contribution in [0.2, 0.25) is 0 Å².